The third-order valence-electron chi connectivity index (χ3n) is 12.6. The van der Waals surface area contributed by atoms with Gasteiger partial charge < -0.3 is 14.2 Å². The molecule has 7 nitrogen and oxygen atoms in total. The highest BCUT2D eigenvalue weighted by Gasteiger charge is 2.47. The highest BCUT2D eigenvalue weighted by atomic mass is 16.5. The van der Waals surface area contributed by atoms with E-state index in [2.05, 4.69) is 131 Å². The summed E-state index contributed by atoms with van der Waals surface area (Å²) in [6.07, 6.45) is 16.1. The summed E-state index contributed by atoms with van der Waals surface area (Å²) in [6.45, 7) is 12.2. The van der Waals surface area contributed by atoms with E-state index >= 15 is 0 Å². The molecule has 4 heterocycles. The molecule has 2 saturated heterocycles. The van der Waals surface area contributed by atoms with Gasteiger partial charge in [-0.3, -0.25) is 19.8 Å². The van der Waals surface area contributed by atoms with Gasteiger partial charge in [-0.25, -0.2) is 0 Å². The van der Waals surface area contributed by atoms with E-state index in [9.17, 15) is 0 Å². The SMILES string of the molecule is CCCCc1ccc(CC(CN2CCOCC2)(OC(Cc2ccc(CCCC)cc2)(CN2CCOCC2)c2ccc3ccncc3c2)c2ccc3ccncc3c2)cc1. The molecule has 7 heteroatoms. The van der Waals surface area contributed by atoms with E-state index in [1.165, 1.54) is 69.8 Å². The molecule has 0 radical (unpaired) electrons. The van der Waals surface area contributed by atoms with Crippen LogP contribution in [0.1, 0.15) is 72.9 Å². The van der Waals surface area contributed by atoms with Crippen molar-refractivity contribution >= 4 is 21.5 Å². The first kappa shape index (κ1) is 41.2. The molecule has 6 aromatic rings. The summed E-state index contributed by atoms with van der Waals surface area (Å²) >= 11 is 0. The van der Waals surface area contributed by atoms with E-state index in [1.54, 1.807) is 0 Å². The van der Waals surface area contributed by atoms with Crippen LogP contribution in [0.5, 0.6) is 0 Å². The second-order valence-electron chi connectivity index (χ2n) is 16.9. The third-order valence-corrected chi connectivity index (χ3v) is 12.6. The van der Waals surface area contributed by atoms with Crippen molar-refractivity contribution < 1.29 is 14.2 Å². The Labute approximate surface area is 351 Å². The van der Waals surface area contributed by atoms with Crippen LogP contribution in [0.3, 0.4) is 0 Å². The van der Waals surface area contributed by atoms with Crippen LogP contribution in [0.2, 0.25) is 0 Å². The van der Waals surface area contributed by atoms with Crippen LogP contribution < -0.4 is 0 Å². The van der Waals surface area contributed by atoms with E-state index in [0.717, 1.165) is 62.9 Å². The standard InChI is InChI=1S/C52H62N4O3/c1-3-5-7-41-9-13-43(14-10-41)35-51(39-55-25-29-57-30-26-55,49-19-17-45-21-23-53-37-47(45)33-49)59-52(40-56-27-31-58-32-28-56,36-44-15-11-42(12-16-44)8-6-4-2)50-20-18-46-22-24-54-38-48(46)34-50/h9-24,33-34,37-38H,3-8,25-32,35-36,39-40H2,1-2H3. The number of aryl methyl sites for hydroxylation is 2. The van der Waals surface area contributed by atoms with Crippen molar-refractivity contribution in [3.63, 3.8) is 0 Å². The summed E-state index contributed by atoms with van der Waals surface area (Å²) in [7, 11) is 0. The minimum atomic E-state index is -0.760. The number of benzene rings is 4. The lowest BCUT2D eigenvalue weighted by Gasteiger charge is -2.49. The Morgan fingerprint density at radius 2 is 0.915 bits per heavy atom. The minimum absolute atomic E-state index is 0.708. The Bertz CT molecular complexity index is 2070. The number of unbranched alkanes of at least 4 members (excludes halogenated alkanes) is 2. The second-order valence-corrected chi connectivity index (χ2v) is 16.9. The lowest BCUT2D eigenvalue weighted by Crippen LogP contribution is -2.56. The molecule has 59 heavy (non-hydrogen) atoms. The molecule has 0 amide bonds. The first-order chi connectivity index (χ1) is 29.0. The Hall–Kier alpha value is -4.50. The number of hydrogen-bond acceptors (Lipinski definition) is 7. The van der Waals surface area contributed by atoms with Gasteiger partial charge in [0.1, 0.15) is 11.2 Å². The van der Waals surface area contributed by atoms with Crippen molar-refractivity contribution in [1.29, 1.82) is 0 Å². The van der Waals surface area contributed by atoms with Crippen molar-refractivity contribution in [1.82, 2.24) is 19.8 Å². The molecule has 8 rings (SSSR count). The molecule has 2 unspecified atom stereocenters. The van der Waals surface area contributed by atoms with E-state index in [1.807, 2.05) is 24.8 Å². The molecule has 0 N–H and O–H groups in total. The lowest BCUT2D eigenvalue weighted by atomic mass is 9.80. The van der Waals surface area contributed by atoms with E-state index in [-0.39, 0.29) is 0 Å². The fourth-order valence-electron chi connectivity index (χ4n) is 9.17. The van der Waals surface area contributed by atoms with Gasteiger partial charge in [-0.15, -0.1) is 0 Å². The van der Waals surface area contributed by atoms with E-state index in [4.69, 9.17) is 14.2 Å². The van der Waals surface area contributed by atoms with Crippen molar-refractivity contribution in [3.05, 3.63) is 155 Å². The lowest BCUT2D eigenvalue weighted by molar-refractivity contribution is -0.193. The molecule has 4 aromatic carbocycles. The zero-order valence-corrected chi connectivity index (χ0v) is 35.3. The van der Waals surface area contributed by atoms with Gasteiger partial charge in [0.15, 0.2) is 0 Å². The number of hydrogen-bond donors (Lipinski definition) is 0. The van der Waals surface area contributed by atoms with Gasteiger partial charge in [-0.2, -0.15) is 0 Å². The number of fused-ring (bicyclic) bond motifs is 2. The summed E-state index contributed by atoms with van der Waals surface area (Å²) in [5.74, 6) is 0. The highest BCUT2D eigenvalue weighted by Crippen LogP contribution is 2.44. The second kappa shape index (κ2) is 19.7. The maximum Gasteiger partial charge on any atom is 0.111 e. The normalized spacial score (nSPS) is 17.5. The van der Waals surface area contributed by atoms with Crippen molar-refractivity contribution in [2.45, 2.75) is 76.4 Å². The number of pyridine rings is 2. The molecule has 308 valence electrons. The smallest absolute Gasteiger partial charge is 0.111 e. The number of aromatic nitrogens is 2. The Morgan fingerprint density at radius 3 is 1.32 bits per heavy atom. The fourth-order valence-corrected chi connectivity index (χ4v) is 9.17. The topological polar surface area (TPSA) is 60.0 Å². The highest BCUT2D eigenvalue weighted by molar-refractivity contribution is 5.83. The molecule has 2 fully saturated rings. The molecule has 2 aliphatic rings. The first-order valence-corrected chi connectivity index (χ1v) is 22.2. The maximum absolute atomic E-state index is 8.49. The van der Waals surface area contributed by atoms with Crippen molar-refractivity contribution in [2.24, 2.45) is 0 Å². The molecule has 0 aliphatic carbocycles. The maximum atomic E-state index is 8.49. The number of nitrogens with zero attached hydrogens (tertiary/aromatic N) is 4. The summed E-state index contributed by atoms with van der Waals surface area (Å²) in [5.41, 5.74) is 6.14. The average Bonchev–Trinajstić information content (AvgIpc) is 3.29. The number of morpholine rings is 2. The van der Waals surface area contributed by atoms with Gasteiger partial charge in [0.05, 0.1) is 26.4 Å². The van der Waals surface area contributed by atoms with Gasteiger partial charge >= 0.3 is 0 Å². The zero-order valence-electron chi connectivity index (χ0n) is 35.3. The summed E-state index contributed by atoms with van der Waals surface area (Å²) in [5, 5.41) is 4.59. The number of ether oxygens (including phenoxy) is 3. The average molecular weight is 791 g/mol. The van der Waals surface area contributed by atoms with Gasteiger partial charge in [0.25, 0.3) is 0 Å². The molecule has 0 saturated carbocycles. The number of rotatable bonds is 18. The monoisotopic (exact) mass is 790 g/mol. The van der Waals surface area contributed by atoms with Crippen molar-refractivity contribution in [2.75, 3.05) is 65.7 Å². The zero-order chi connectivity index (χ0) is 40.3. The summed E-state index contributed by atoms with van der Waals surface area (Å²) < 4.78 is 20.4. The van der Waals surface area contributed by atoms with Crippen LogP contribution >= 0.6 is 0 Å². The molecular formula is C52H62N4O3. The van der Waals surface area contributed by atoms with Crippen molar-refractivity contribution in [3.8, 4) is 0 Å². The Morgan fingerprint density at radius 1 is 0.508 bits per heavy atom. The minimum Gasteiger partial charge on any atom is -0.379 e. The molecule has 0 spiro atoms. The Balaban J connectivity index is 1.34. The molecule has 0 bridgehead atoms. The summed E-state index contributed by atoms with van der Waals surface area (Å²) in [6, 6.07) is 36.9. The van der Waals surface area contributed by atoms with Crippen LogP contribution in [0.4, 0.5) is 0 Å². The largest absolute Gasteiger partial charge is 0.379 e. The van der Waals surface area contributed by atoms with Gasteiger partial charge in [0, 0.05) is 87.7 Å². The molecule has 2 aliphatic heterocycles. The van der Waals surface area contributed by atoms with Gasteiger partial charge in [-0.1, -0.05) is 99.5 Å². The molecular weight excluding hydrogens is 729 g/mol. The van der Waals surface area contributed by atoms with Crippen LogP contribution in [-0.2, 0) is 51.1 Å². The first-order valence-electron chi connectivity index (χ1n) is 22.2. The van der Waals surface area contributed by atoms with Crippen LogP contribution in [-0.4, -0.2) is 85.5 Å². The van der Waals surface area contributed by atoms with Gasteiger partial charge in [0.2, 0.25) is 0 Å². The van der Waals surface area contributed by atoms with Crippen LogP contribution in [0.25, 0.3) is 21.5 Å². The molecule has 2 atom stereocenters. The molecule has 2 aromatic heterocycles. The third kappa shape index (κ3) is 10.3. The summed E-state index contributed by atoms with van der Waals surface area (Å²) in [4.78, 5) is 14.3. The predicted molar refractivity (Wildman–Crippen MR) is 240 cm³/mol. The quantitative estimate of drug-likeness (QED) is 0.0860. The van der Waals surface area contributed by atoms with E-state index < -0.39 is 11.2 Å². The van der Waals surface area contributed by atoms with Crippen LogP contribution in [0.15, 0.2) is 122 Å². The van der Waals surface area contributed by atoms with E-state index in [0.29, 0.717) is 39.3 Å². The van der Waals surface area contributed by atoms with Crippen LogP contribution in [0, 0.1) is 0 Å². The predicted octanol–water partition coefficient (Wildman–Crippen LogP) is 9.73. The Kier molecular flexibility index (Phi) is 13.8. The van der Waals surface area contributed by atoms with Gasteiger partial charge in [-0.05, 0) is 94.1 Å². The fraction of sp³-hybridized carbons (Fsp3) is 0.423.